The Bertz CT molecular complexity index is 669. The smallest absolute Gasteiger partial charge is 0.416 e. The SMILES string of the molecule is CC(c1cccc(C(F)(F)F)c1)N(C(=O)C1CC1C(=O)O)C1CC1. The molecule has 3 unspecified atom stereocenters. The van der Waals surface area contributed by atoms with E-state index in [2.05, 4.69) is 0 Å². The summed E-state index contributed by atoms with van der Waals surface area (Å²) in [5, 5.41) is 8.99. The Morgan fingerprint density at radius 2 is 1.92 bits per heavy atom. The first kappa shape index (κ1) is 16.8. The lowest BCUT2D eigenvalue weighted by molar-refractivity contribution is -0.143. The summed E-state index contributed by atoms with van der Waals surface area (Å²) >= 11 is 0. The normalized spacial score (nSPS) is 24.3. The van der Waals surface area contributed by atoms with Crippen molar-refractivity contribution in [2.75, 3.05) is 0 Å². The standard InChI is InChI=1S/C17H18F3NO3/c1-9(10-3-2-4-11(7-10)17(18,19)20)21(12-5-6-12)15(22)13-8-14(13)16(23)24/h2-4,7,9,12-14H,5-6,8H2,1H3,(H,23,24). The first-order chi connectivity index (χ1) is 11.2. The molecule has 0 aromatic heterocycles. The monoisotopic (exact) mass is 341 g/mol. The summed E-state index contributed by atoms with van der Waals surface area (Å²) in [6.07, 6.45) is -2.51. The molecule has 7 heteroatoms. The number of nitrogens with zero attached hydrogens (tertiary/aromatic N) is 1. The average molecular weight is 341 g/mol. The van der Waals surface area contributed by atoms with Crippen LogP contribution in [0.4, 0.5) is 13.2 Å². The lowest BCUT2D eigenvalue weighted by atomic mass is 10.0. The molecule has 1 N–H and O–H groups in total. The van der Waals surface area contributed by atoms with Crippen LogP contribution in [0.5, 0.6) is 0 Å². The van der Waals surface area contributed by atoms with Crippen LogP contribution in [0.3, 0.4) is 0 Å². The Morgan fingerprint density at radius 1 is 1.25 bits per heavy atom. The highest BCUT2D eigenvalue weighted by molar-refractivity contribution is 5.90. The molecule has 1 amide bonds. The van der Waals surface area contributed by atoms with Crippen molar-refractivity contribution in [3.8, 4) is 0 Å². The molecule has 0 bridgehead atoms. The molecule has 0 spiro atoms. The van der Waals surface area contributed by atoms with Gasteiger partial charge >= 0.3 is 12.1 Å². The number of rotatable bonds is 5. The number of hydrogen-bond donors (Lipinski definition) is 1. The van der Waals surface area contributed by atoms with Gasteiger partial charge < -0.3 is 10.0 Å². The van der Waals surface area contributed by atoms with E-state index < -0.39 is 35.6 Å². The van der Waals surface area contributed by atoms with Crippen LogP contribution in [0.1, 0.15) is 43.4 Å². The summed E-state index contributed by atoms with van der Waals surface area (Å²) in [6, 6.07) is 4.46. The Labute approximate surface area is 137 Å². The number of benzene rings is 1. The van der Waals surface area contributed by atoms with Crippen molar-refractivity contribution in [1.82, 2.24) is 4.90 Å². The van der Waals surface area contributed by atoms with E-state index in [0.29, 0.717) is 12.0 Å². The molecule has 3 rings (SSSR count). The molecule has 0 heterocycles. The second-order valence-corrected chi connectivity index (χ2v) is 6.56. The summed E-state index contributed by atoms with van der Waals surface area (Å²) in [4.78, 5) is 25.2. The Kier molecular flexibility index (Phi) is 4.05. The summed E-state index contributed by atoms with van der Waals surface area (Å²) < 4.78 is 38.7. The van der Waals surface area contributed by atoms with Gasteiger partial charge in [0.2, 0.25) is 5.91 Å². The van der Waals surface area contributed by atoms with Crippen molar-refractivity contribution in [3.05, 3.63) is 35.4 Å². The molecule has 0 saturated heterocycles. The van der Waals surface area contributed by atoms with Gasteiger partial charge in [0.25, 0.3) is 0 Å². The van der Waals surface area contributed by atoms with Gasteiger partial charge in [-0.2, -0.15) is 13.2 Å². The van der Waals surface area contributed by atoms with Gasteiger partial charge in [-0.05, 0) is 43.9 Å². The van der Waals surface area contributed by atoms with Crippen LogP contribution < -0.4 is 0 Å². The minimum atomic E-state index is -4.44. The van der Waals surface area contributed by atoms with Gasteiger partial charge in [-0.15, -0.1) is 0 Å². The Balaban J connectivity index is 1.82. The summed E-state index contributed by atoms with van der Waals surface area (Å²) in [7, 11) is 0. The number of hydrogen-bond acceptors (Lipinski definition) is 2. The highest BCUT2D eigenvalue weighted by atomic mass is 19.4. The van der Waals surface area contributed by atoms with Gasteiger partial charge in [-0.3, -0.25) is 9.59 Å². The Morgan fingerprint density at radius 3 is 2.42 bits per heavy atom. The highest BCUT2D eigenvalue weighted by Gasteiger charge is 2.52. The number of carbonyl (C=O) groups is 2. The van der Waals surface area contributed by atoms with Crippen molar-refractivity contribution in [1.29, 1.82) is 0 Å². The molecule has 3 atom stereocenters. The zero-order chi connectivity index (χ0) is 17.6. The number of carboxylic acids is 1. The molecule has 1 aromatic carbocycles. The summed E-state index contributed by atoms with van der Waals surface area (Å²) in [5.41, 5.74) is -0.331. The van der Waals surface area contributed by atoms with Crippen molar-refractivity contribution in [3.63, 3.8) is 0 Å². The molecule has 1 aromatic rings. The van der Waals surface area contributed by atoms with Gasteiger partial charge in [0, 0.05) is 6.04 Å². The topological polar surface area (TPSA) is 57.6 Å². The number of carboxylic acid groups (broad SMARTS) is 1. The zero-order valence-corrected chi connectivity index (χ0v) is 13.1. The number of halogens is 3. The van der Waals surface area contributed by atoms with Gasteiger partial charge in [0.15, 0.2) is 0 Å². The van der Waals surface area contributed by atoms with Crippen molar-refractivity contribution >= 4 is 11.9 Å². The van der Waals surface area contributed by atoms with Crippen molar-refractivity contribution < 1.29 is 27.9 Å². The van der Waals surface area contributed by atoms with Crippen LogP contribution in [0.25, 0.3) is 0 Å². The van der Waals surface area contributed by atoms with E-state index in [-0.39, 0.29) is 11.9 Å². The fourth-order valence-corrected chi connectivity index (χ4v) is 3.11. The van der Waals surface area contributed by atoms with Crippen LogP contribution in [-0.4, -0.2) is 27.9 Å². The molecule has 2 aliphatic carbocycles. The molecule has 24 heavy (non-hydrogen) atoms. The van der Waals surface area contributed by atoms with Crippen LogP contribution >= 0.6 is 0 Å². The van der Waals surface area contributed by atoms with Gasteiger partial charge in [-0.1, -0.05) is 12.1 Å². The number of amides is 1. The first-order valence-corrected chi connectivity index (χ1v) is 7.92. The second-order valence-electron chi connectivity index (χ2n) is 6.56. The maximum Gasteiger partial charge on any atom is 0.416 e. The van der Waals surface area contributed by atoms with E-state index in [1.165, 1.54) is 6.07 Å². The van der Waals surface area contributed by atoms with E-state index in [0.717, 1.165) is 25.0 Å². The number of carbonyl (C=O) groups excluding carboxylic acids is 1. The van der Waals surface area contributed by atoms with E-state index in [1.807, 2.05) is 0 Å². The lowest BCUT2D eigenvalue weighted by Gasteiger charge is -2.30. The van der Waals surface area contributed by atoms with Gasteiger partial charge in [0.1, 0.15) is 0 Å². The van der Waals surface area contributed by atoms with E-state index in [4.69, 9.17) is 5.11 Å². The third-order valence-electron chi connectivity index (χ3n) is 4.73. The Hall–Kier alpha value is -2.05. The fraction of sp³-hybridized carbons (Fsp3) is 0.529. The first-order valence-electron chi connectivity index (χ1n) is 7.92. The number of aliphatic carboxylic acids is 1. The molecule has 2 saturated carbocycles. The molecule has 0 aliphatic heterocycles. The van der Waals surface area contributed by atoms with Crippen LogP contribution in [0.2, 0.25) is 0 Å². The predicted molar refractivity (Wildman–Crippen MR) is 79.0 cm³/mol. The second kappa shape index (κ2) is 5.79. The molecule has 2 fully saturated rings. The number of alkyl halides is 3. The largest absolute Gasteiger partial charge is 0.481 e. The maximum atomic E-state index is 12.9. The highest BCUT2D eigenvalue weighted by Crippen LogP contribution is 2.45. The van der Waals surface area contributed by atoms with Gasteiger partial charge in [-0.25, -0.2) is 0 Å². The minimum absolute atomic E-state index is 0.00270. The van der Waals surface area contributed by atoms with Crippen LogP contribution in [-0.2, 0) is 15.8 Å². The lowest BCUT2D eigenvalue weighted by Crippen LogP contribution is -2.37. The summed E-state index contributed by atoms with van der Waals surface area (Å²) in [5.74, 6) is -2.45. The van der Waals surface area contributed by atoms with Gasteiger partial charge in [0.05, 0.1) is 23.4 Å². The van der Waals surface area contributed by atoms with Crippen molar-refractivity contribution in [2.45, 2.75) is 44.4 Å². The van der Waals surface area contributed by atoms with E-state index >= 15 is 0 Å². The third-order valence-corrected chi connectivity index (χ3v) is 4.73. The average Bonchev–Trinajstić information content (AvgIpc) is 3.38. The molecular formula is C17H18F3NO3. The molecule has 130 valence electrons. The van der Waals surface area contributed by atoms with E-state index in [1.54, 1.807) is 17.9 Å². The molecule has 0 radical (unpaired) electrons. The fourth-order valence-electron chi connectivity index (χ4n) is 3.11. The van der Waals surface area contributed by atoms with Crippen LogP contribution in [0, 0.1) is 11.8 Å². The molecule has 4 nitrogen and oxygen atoms in total. The maximum absolute atomic E-state index is 12.9. The minimum Gasteiger partial charge on any atom is -0.481 e. The van der Waals surface area contributed by atoms with E-state index in [9.17, 15) is 22.8 Å². The summed E-state index contributed by atoms with van der Waals surface area (Å²) in [6.45, 7) is 1.70. The molecular weight excluding hydrogens is 323 g/mol. The van der Waals surface area contributed by atoms with Crippen molar-refractivity contribution in [2.24, 2.45) is 11.8 Å². The zero-order valence-electron chi connectivity index (χ0n) is 13.1. The third kappa shape index (κ3) is 3.25. The van der Waals surface area contributed by atoms with Crippen LogP contribution in [0.15, 0.2) is 24.3 Å². The molecule has 2 aliphatic rings. The predicted octanol–water partition coefficient (Wildman–Crippen LogP) is 3.48. The quantitative estimate of drug-likeness (QED) is 0.892.